The molecule has 1 aliphatic heterocycles. The molecule has 1 fully saturated rings. The number of carbonyl (C=O) groups is 2. The van der Waals surface area contributed by atoms with E-state index in [1.54, 1.807) is 23.1 Å². The zero-order valence-corrected chi connectivity index (χ0v) is 21.3. The number of rotatable bonds is 11. The Kier molecular flexibility index (Phi) is 8.93. The van der Waals surface area contributed by atoms with Crippen LogP contribution in [0.25, 0.3) is 5.76 Å². The van der Waals surface area contributed by atoms with Gasteiger partial charge in [0.25, 0.3) is 11.7 Å². The summed E-state index contributed by atoms with van der Waals surface area (Å²) in [6.45, 7) is 8.02. The molecule has 0 unspecified atom stereocenters. The Morgan fingerprint density at radius 1 is 1.06 bits per heavy atom. The topological polar surface area (TPSA) is 79.3 Å². The molecule has 2 aromatic rings. The molecule has 0 spiro atoms. The van der Waals surface area contributed by atoms with Gasteiger partial charge in [-0.05, 0) is 75.8 Å². The lowest BCUT2D eigenvalue weighted by Gasteiger charge is -2.26. The Morgan fingerprint density at radius 3 is 2.37 bits per heavy atom. The number of benzene rings is 2. The number of aliphatic hydroxyl groups excluding tert-OH is 1. The van der Waals surface area contributed by atoms with Gasteiger partial charge >= 0.3 is 0 Å². The fourth-order valence-corrected chi connectivity index (χ4v) is 4.12. The van der Waals surface area contributed by atoms with Gasteiger partial charge in [0, 0.05) is 18.7 Å². The molecule has 1 heterocycles. The fourth-order valence-electron chi connectivity index (χ4n) is 4.12. The highest BCUT2D eigenvalue weighted by Gasteiger charge is 2.45. The van der Waals surface area contributed by atoms with Crippen molar-refractivity contribution in [2.24, 2.45) is 0 Å². The second-order valence-electron chi connectivity index (χ2n) is 8.98. The van der Waals surface area contributed by atoms with Gasteiger partial charge in [0.15, 0.2) is 0 Å². The van der Waals surface area contributed by atoms with Crippen LogP contribution >= 0.6 is 0 Å². The van der Waals surface area contributed by atoms with Gasteiger partial charge in [-0.15, -0.1) is 0 Å². The van der Waals surface area contributed by atoms with Gasteiger partial charge < -0.3 is 24.4 Å². The van der Waals surface area contributed by atoms with Crippen LogP contribution in [0.3, 0.4) is 0 Å². The third-order valence-electron chi connectivity index (χ3n) is 6.04. The third kappa shape index (κ3) is 6.03. The number of Topliss-reactive ketones (excluding diaryl/α,β-unsaturated/α-hetero) is 1. The quantitative estimate of drug-likeness (QED) is 0.220. The highest BCUT2D eigenvalue weighted by atomic mass is 16.5. The number of amides is 1. The van der Waals surface area contributed by atoms with Crippen molar-refractivity contribution >= 4 is 17.4 Å². The molecule has 1 amide bonds. The lowest BCUT2D eigenvalue weighted by atomic mass is 9.94. The smallest absolute Gasteiger partial charge is 0.295 e. The Labute approximate surface area is 207 Å². The molecule has 7 heteroatoms. The zero-order chi connectivity index (χ0) is 25.5. The van der Waals surface area contributed by atoms with Gasteiger partial charge in [0.05, 0.1) is 24.8 Å². The van der Waals surface area contributed by atoms with E-state index in [9.17, 15) is 14.7 Å². The number of likely N-dealkylation sites (tertiary alicyclic amines) is 1. The molecule has 188 valence electrons. The number of carbonyl (C=O) groups excluding carboxylic acids is 2. The van der Waals surface area contributed by atoms with Crippen molar-refractivity contribution in [1.29, 1.82) is 0 Å². The van der Waals surface area contributed by atoms with Crippen molar-refractivity contribution in [3.63, 3.8) is 0 Å². The van der Waals surface area contributed by atoms with Gasteiger partial charge in [-0.1, -0.05) is 25.5 Å². The molecule has 1 N–H and O–H groups in total. The average Bonchev–Trinajstić information content (AvgIpc) is 3.09. The van der Waals surface area contributed by atoms with E-state index in [0.717, 1.165) is 29.7 Å². The van der Waals surface area contributed by atoms with E-state index in [-0.39, 0.29) is 11.3 Å². The molecule has 0 aromatic heterocycles. The van der Waals surface area contributed by atoms with Crippen molar-refractivity contribution in [3.8, 4) is 11.5 Å². The highest BCUT2D eigenvalue weighted by molar-refractivity contribution is 6.46. The molecule has 7 nitrogen and oxygen atoms in total. The summed E-state index contributed by atoms with van der Waals surface area (Å²) in [4.78, 5) is 29.7. The average molecular weight is 481 g/mol. The number of ether oxygens (including phenoxy) is 2. The summed E-state index contributed by atoms with van der Waals surface area (Å²) in [7, 11) is 3.82. The van der Waals surface area contributed by atoms with Crippen molar-refractivity contribution in [3.05, 3.63) is 64.7 Å². The number of unbranched alkanes of at least 4 members (excludes halogenated alkanes) is 1. The molecular formula is C28H36N2O5. The van der Waals surface area contributed by atoms with Crippen LogP contribution in [0, 0.1) is 6.92 Å². The van der Waals surface area contributed by atoms with E-state index in [1.165, 1.54) is 0 Å². The molecule has 0 bridgehead atoms. The molecule has 0 radical (unpaired) electrons. The largest absolute Gasteiger partial charge is 0.507 e. The summed E-state index contributed by atoms with van der Waals surface area (Å²) >= 11 is 0. The molecule has 3 rings (SSSR count). The first-order valence-electron chi connectivity index (χ1n) is 12.2. The van der Waals surface area contributed by atoms with Gasteiger partial charge in [0.1, 0.15) is 17.3 Å². The molecule has 1 aliphatic rings. The fraction of sp³-hybridized carbons (Fsp3) is 0.429. The first-order valence-corrected chi connectivity index (χ1v) is 12.2. The molecule has 2 aromatic carbocycles. The number of aliphatic hydroxyl groups is 1. The van der Waals surface area contributed by atoms with Crippen LogP contribution in [0.4, 0.5) is 0 Å². The maximum atomic E-state index is 13.2. The number of nitrogens with zero attached hydrogens (tertiary/aromatic N) is 2. The maximum Gasteiger partial charge on any atom is 0.295 e. The second kappa shape index (κ2) is 11.9. The Balaban J connectivity index is 2.04. The summed E-state index contributed by atoms with van der Waals surface area (Å²) in [5.74, 6) is -0.0253. The summed E-state index contributed by atoms with van der Waals surface area (Å²) in [5, 5.41) is 11.3. The minimum atomic E-state index is -0.689. The van der Waals surface area contributed by atoms with Crippen LogP contribution in [-0.2, 0) is 9.59 Å². The lowest BCUT2D eigenvalue weighted by Crippen LogP contribution is -2.35. The number of aryl methyl sites for hydroxylation is 1. The number of hydrogen-bond acceptors (Lipinski definition) is 6. The number of hydrogen-bond donors (Lipinski definition) is 1. The van der Waals surface area contributed by atoms with Crippen LogP contribution in [0.5, 0.6) is 11.5 Å². The zero-order valence-electron chi connectivity index (χ0n) is 21.3. The first kappa shape index (κ1) is 26.3. The van der Waals surface area contributed by atoms with Crippen LogP contribution < -0.4 is 9.47 Å². The van der Waals surface area contributed by atoms with Crippen LogP contribution in [-0.4, -0.2) is 67.0 Å². The summed E-state index contributed by atoms with van der Waals surface area (Å²) < 4.78 is 11.4. The van der Waals surface area contributed by atoms with Gasteiger partial charge in [-0.25, -0.2) is 0 Å². The third-order valence-corrected chi connectivity index (χ3v) is 6.04. The molecule has 0 aliphatic carbocycles. The molecule has 1 atom stereocenters. The Bertz CT molecular complexity index is 1080. The minimum Gasteiger partial charge on any atom is -0.507 e. The minimum absolute atomic E-state index is 0.0944. The first-order chi connectivity index (χ1) is 16.8. The van der Waals surface area contributed by atoms with E-state index >= 15 is 0 Å². The Hall–Kier alpha value is -3.32. The lowest BCUT2D eigenvalue weighted by molar-refractivity contribution is -0.140. The summed E-state index contributed by atoms with van der Waals surface area (Å²) in [6, 6.07) is 11.9. The van der Waals surface area contributed by atoms with Crippen LogP contribution in [0.2, 0.25) is 0 Å². The summed E-state index contributed by atoms with van der Waals surface area (Å²) in [5.41, 5.74) is 2.16. The standard InChI is InChI=1S/C28H36N2O5/c1-6-8-17-35-23-14-11-21(18-19(23)3)26(31)24-25(20-9-12-22(13-10-20)34-7-2)30(16-15-29(4)5)28(33)27(24)32/h9-14,18,25,31H,6-8,15-17H2,1-5H3/t25-/m1/s1. The maximum absolute atomic E-state index is 13.2. The molecule has 35 heavy (non-hydrogen) atoms. The summed E-state index contributed by atoms with van der Waals surface area (Å²) in [6.07, 6.45) is 2.00. The van der Waals surface area contributed by atoms with E-state index in [2.05, 4.69) is 6.92 Å². The van der Waals surface area contributed by atoms with Crippen LogP contribution in [0.1, 0.15) is 49.4 Å². The van der Waals surface area contributed by atoms with Gasteiger partial charge in [-0.3, -0.25) is 9.59 Å². The monoisotopic (exact) mass is 480 g/mol. The van der Waals surface area contributed by atoms with Gasteiger partial charge in [-0.2, -0.15) is 0 Å². The second-order valence-corrected chi connectivity index (χ2v) is 8.98. The molecule has 0 saturated carbocycles. The predicted molar refractivity (Wildman–Crippen MR) is 137 cm³/mol. The predicted octanol–water partition coefficient (Wildman–Crippen LogP) is 4.56. The number of likely N-dealkylation sites (N-methyl/N-ethyl adjacent to an activating group) is 1. The normalized spacial score (nSPS) is 17.3. The Morgan fingerprint density at radius 2 is 1.77 bits per heavy atom. The van der Waals surface area contributed by atoms with Crippen molar-refractivity contribution in [2.75, 3.05) is 40.4 Å². The highest BCUT2D eigenvalue weighted by Crippen LogP contribution is 2.40. The van der Waals surface area contributed by atoms with E-state index in [1.807, 2.05) is 57.1 Å². The van der Waals surface area contributed by atoms with E-state index < -0.39 is 17.7 Å². The van der Waals surface area contributed by atoms with Crippen molar-refractivity contribution < 1.29 is 24.2 Å². The van der Waals surface area contributed by atoms with Crippen LogP contribution in [0.15, 0.2) is 48.0 Å². The SMILES string of the molecule is CCCCOc1ccc(C(O)=C2C(=O)C(=O)N(CCN(C)C)[C@@H]2c2ccc(OCC)cc2)cc1C. The van der Waals surface area contributed by atoms with E-state index in [4.69, 9.17) is 9.47 Å². The van der Waals surface area contributed by atoms with E-state index in [0.29, 0.717) is 37.6 Å². The van der Waals surface area contributed by atoms with Crippen molar-refractivity contribution in [2.45, 2.75) is 39.7 Å². The molecular weight excluding hydrogens is 444 g/mol. The molecule has 1 saturated heterocycles. The van der Waals surface area contributed by atoms with Crippen molar-refractivity contribution in [1.82, 2.24) is 9.80 Å². The van der Waals surface area contributed by atoms with Gasteiger partial charge in [0.2, 0.25) is 0 Å². The number of ketones is 1.